The van der Waals surface area contributed by atoms with Gasteiger partial charge < -0.3 is 5.11 Å². The quantitative estimate of drug-likeness (QED) is 0.787. The molecule has 0 aliphatic heterocycles. The monoisotopic (exact) mass is 256 g/mol. The van der Waals surface area contributed by atoms with E-state index < -0.39 is 6.10 Å². The molecule has 1 unspecified atom stereocenters. The Balaban J connectivity index is 2.14. The summed E-state index contributed by atoms with van der Waals surface area (Å²) >= 11 is 1.72. The van der Waals surface area contributed by atoms with Gasteiger partial charge in [-0.15, -0.1) is 11.8 Å². The fourth-order valence-corrected chi connectivity index (χ4v) is 3.10. The Morgan fingerprint density at radius 1 is 1.00 bits per heavy atom. The van der Waals surface area contributed by atoms with Crippen molar-refractivity contribution in [2.75, 3.05) is 6.26 Å². The molecule has 0 fully saturated rings. The molecule has 0 amide bonds. The molecular weight excluding hydrogens is 240 g/mol. The third-order valence-electron chi connectivity index (χ3n) is 3.66. The zero-order chi connectivity index (χ0) is 12.5. The normalized spacial score (nSPS) is 17.8. The van der Waals surface area contributed by atoms with Crippen molar-refractivity contribution in [2.45, 2.75) is 23.8 Å². The molecule has 1 nitrogen and oxygen atoms in total. The average Bonchev–Trinajstić information content (AvgIpc) is 2.57. The van der Waals surface area contributed by atoms with Crippen LogP contribution >= 0.6 is 11.8 Å². The van der Waals surface area contributed by atoms with Gasteiger partial charge in [-0.25, -0.2) is 0 Å². The minimum absolute atomic E-state index is 0.481. The molecule has 0 saturated heterocycles. The summed E-state index contributed by atoms with van der Waals surface area (Å²) in [5.74, 6) is 0. The van der Waals surface area contributed by atoms with E-state index in [0.717, 1.165) is 24.0 Å². The van der Waals surface area contributed by atoms with Crippen molar-refractivity contribution >= 4 is 11.8 Å². The van der Waals surface area contributed by atoms with E-state index in [1.807, 2.05) is 12.1 Å². The lowest BCUT2D eigenvalue weighted by Gasteiger charge is -2.15. The van der Waals surface area contributed by atoms with E-state index in [4.69, 9.17) is 0 Å². The summed E-state index contributed by atoms with van der Waals surface area (Å²) in [7, 11) is 0. The lowest BCUT2D eigenvalue weighted by atomic mass is 9.97. The van der Waals surface area contributed by atoms with E-state index in [0.29, 0.717) is 0 Å². The van der Waals surface area contributed by atoms with Crippen molar-refractivity contribution in [3.8, 4) is 0 Å². The minimum Gasteiger partial charge on any atom is -0.384 e. The highest BCUT2D eigenvalue weighted by Crippen LogP contribution is 2.34. The van der Waals surface area contributed by atoms with Crippen LogP contribution in [-0.2, 0) is 12.8 Å². The lowest BCUT2D eigenvalue weighted by Crippen LogP contribution is -2.02. The van der Waals surface area contributed by atoms with Crippen LogP contribution in [0.1, 0.15) is 28.4 Å². The molecule has 0 spiro atoms. The highest BCUT2D eigenvalue weighted by molar-refractivity contribution is 7.98. The van der Waals surface area contributed by atoms with E-state index >= 15 is 0 Å². The zero-order valence-corrected chi connectivity index (χ0v) is 11.2. The van der Waals surface area contributed by atoms with E-state index in [1.165, 1.54) is 16.0 Å². The number of hydrogen-bond acceptors (Lipinski definition) is 2. The summed E-state index contributed by atoms with van der Waals surface area (Å²) < 4.78 is 0. The average molecular weight is 256 g/mol. The van der Waals surface area contributed by atoms with Crippen molar-refractivity contribution in [3.63, 3.8) is 0 Å². The van der Waals surface area contributed by atoms with Crippen LogP contribution in [0.3, 0.4) is 0 Å². The first kappa shape index (κ1) is 11.8. The predicted molar refractivity (Wildman–Crippen MR) is 76.1 cm³/mol. The van der Waals surface area contributed by atoms with Crippen LogP contribution in [0.4, 0.5) is 0 Å². The van der Waals surface area contributed by atoms with Gasteiger partial charge in [0.05, 0.1) is 0 Å². The number of thioether (sulfide) groups is 1. The molecule has 0 heterocycles. The molecule has 1 atom stereocenters. The summed E-state index contributed by atoms with van der Waals surface area (Å²) in [6.45, 7) is 0. The van der Waals surface area contributed by atoms with Crippen LogP contribution in [0.15, 0.2) is 47.4 Å². The number of fused-ring (bicyclic) bond motifs is 2. The van der Waals surface area contributed by atoms with Crippen molar-refractivity contribution in [3.05, 3.63) is 64.7 Å². The maximum Gasteiger partial charge on any atom is 0.105 e. The van der Waals surface area contributed by atoms with Crippen LogP contribution in [-0.4, -0.2) is 11.4 Å². The molecule has 18 heavy (non-hydrogen) atoms. The maximum absolute atomic E-state index is 10.6. The fraction of sp³-hybridized carbons (Fsp3) is 0.250. The predicted octanol–water partition coefficient (Wildman–Crippen LogP) is 3.59. The van der Waals surface area contributed by atoms with E-state index in [2.05, 4.69) is 36.6 Å². The number of aryl methyl sites for hydroxylation is 2. The van der Waals surface area contributed by atoms with Gasteiger partial charge in [0.15, 0.2) is 0 Å². The molecule has 3 rings (SSSR count). The van der Waals surface area contributed by atoms with E-state index in [-0.39, 0.29) is 0 Å². The van der Waals surface area contributed by atoms with Gasteiger partial charge in [-0.1, -0.05) is 30.3 Å². The van der Waals surface area contributed by atoms with Gasteiger partial charge in [-0.2, -0.15) is 0 Å². The Kier molecular flexibility index (Phi) is 3.14. The molecule has 2 aromatic rings. The second kappa shape index (κ2) is 4.79. The Morgan fingerprint density at radius 2 is 1.72 bits per heavy atom. The van der Waals surface area contributed by atoms with Crippen LogP contribution in [0.25, 0.3) is 0 Å². The van der Waals surface area contributed by atoms with Gasteiger partial charge in [0.25, 0.3) is 0 Å². The standard InChI is InChI=1S/C16H16OS/c1-18-13-9-8-12-7-6-11-4-2-3-5-14(11)16(17)15(12)10-13/h2-5,8-10,16-17H,6-7H2,1H3. The second-order valence-electron chi connectivity index (χ2n) is 4.67. The van der Waals surface area contributed by atoms with Crippen LogP contribution in [0.2, 0.25) is 0 Å². The third kappa shape index (κ3) is 1.96. The van der Waals surface area contributed by atoms with E-state index in [1.54, 1.807) is 11.8 Å². The summed E-state index contributed by atoms with van der Waals surface area (Å²) in [5.41, 5.74) is 4.68. The van der Waals surface area contributed by atoms with Gasteiger partial charge in [0, 0.05) is 4.90 Å². The largest absolute Gasteiger partial charge is 0.384 e. The second-order valence-corrected chi connectivity index (χ2v) is 5.55. The molecule has 0 saturated carbocycles. The molecule has 1 N–H and O–H groups in total. The number of hydrogen-bond donors (Lipinski definition) is 1. The molecule has 0 radical (unpaired) electrons. The fourth-order valence-electron chi connectivity index (χ4n) is 2.65. The van der Waals surface area contributed by atoms with Gasteiger partial charge in [0.2, 0.25) is 0 Å². The number of rotatable bonds is 1. The Morgan fingerprint density at radius 3 is 2.50 bits per heavy atom. The molecule has 0 bridgehead atoms. The number of benzene rings is 2. The summed E-state index contributed by atoms with van der Waals surface area (Å²) in [4.78, 5) is 1.21. The highest BCUT2D eigenvalue weighted by atomic mass is 32.2. The van der Waals surface area contributed by atoms with Crippen LogP contribution in [0.5, 0.6) is 0 Å². The molecule has 1 aliphatic rings. The smallest absolute Gasteiger partial charge is 0.105 e. The highest BCUT2D eigenvalue weighted by Gasteiger charge is 2.21. The first-order valence-corrected chi connectivity index (χ1v) is 7.45. The van der Waals surface area contributed by atoms with Crippen LogP contribution in [0, 0.1) is 0 Å². The van der Waals surface area contributed by atoms with Gasteiger partial charge in [0.1, 0.15) is 6.10 Å². The van der Waals surface area contributed by atoms with Gasteiger partial charge in [-0.3, -0.25) is 0 Å². The van der Waals surface area contributed by atoms with Crippen molar-refractivity contribution in [1.29, 1.82) is 0 Å². The molecule has 2 aromatic carbocycles. The number of aliphatic hydroxyl groups excluding tert-OH is 1. The van der Waals surface area contributed by atoms with Crippen molar-refractivity contribution < 1.29 is 5.11 Å². The Labute approximate surface area is 112 Å². The molecule has 92 valence electrons. The maximum atomic E-state index is 10.6. The summed E-state index contributed by atoms with van der Waals surface area (Å²) in [6.07, 6.45) is 3.61. The van der Waals surface area contributed by atoms with Gasteiger partial charge >= 0.3 is 0 Å². The third-order valence-corrected chi connectivity index (χ3v) is 4.39. The van der Waals surface area contributed by atoms with Crippen LogP contribution < -0.4 is 0 Å². The molecule has 2 heteroatoms. The minimum atomic E-state index is -0.481. The zero-order valence-electron chi connectivity index (χ0n) is 10.4. The molecule has 1 aliphatic carbocycles. The molecule has 0 aromatic heterocycles. The first-order valence-electron chi connectivity index (χ1n) is 6.22. The Hall–Kier alpha value is -1.25. The van der Waals surface area contributed by atoms with Gasteiger partial charge in [-0.05, 0) is 53.5 Å². The summed E-state index contributed by atoms with van der Waals surface area (Å²) in [6, 6.07) is 14.7. The SMILES string of the molecule is CSc1ccc2c(c1)C(O)c1ccccc1CC2. The Bertz CT molecular complexity index is 577. The molecular formula is C16H16OS. The number of aliphatic hydroxyl groups is 1. The topological polar surface area (TPSA) is 20.2 Å². The summed E-state index contributed by atoms with van der Waals surface area (Å²) in [5, 5.41) is 10.6. The van der Waals surface area contributed by atoms with Crippen molar-refractivity contribution in [1.82, 2.24) is 0 Å². The van der Waals surface area contributed by atoms with Crippen molar-refractivity contribution in [2.24, 2.45) is 0 Å². The first-order chi connectivity index (χ1) is 8.79. The van der Waals surface area contributed by atoms with E-state index in [9.17, 15) is 5.11 Å². The lowest BCUT2D eigenvalue weighted by molar-refractivity contribution is 0.219.